The lowest BCUT2D eigenvalue weighted by Gasteiger charge is -2.48. The van der Waals surface area contributed by atoms with Crippen LogP contribution in [0.2, 0.25) is 0 Å². The number of benzene rings is 1. The molecule has 0 saturated carbocycles. The van der Waals surface area contributed by atoms with Gasteiger partial charge in [-0.2, -0.15) is 0 Å². The van der Waals surface area contributed by atoms with Crippen LogP contribution in [0, 0.1) is 0 Å². The molecule has 14 atom stereocenters. The Hall–Kier alpha value is -3.58. The number of carbonyl (C=O) groups excluding carboxylic acids is 3. The standard InChI is InChI=1S/C32H47N3O18/c1-14(38)34-17-10-18(19(11-36)50-29(17)45)49-26-23(41)24(42)31(53-27(26)28(43)44)52-25-21(35-15(2)39)30(51-20(12-37)22(25)40)47-9-8-33-32(46)48-13-16-6-4-3-5-7-16/h3-7,17-27,29-31,36-37,40-42,45H,8-13H2,1-2H3,(H,33,46)(H,34,38)(H,35,39)(H,43,44)/t17-,18+,19-,20-,21-,22-,23-,24-,25-,26+,27+,29-,30-,31-/m1/s1. The highest BCUT2D eigenvalue weighted by atomic mass is 16.7. The molecule has 3 fully saturated rings. The van der Waals surface area contributed by atoms with Crippen LogP contribution in [-0.2, 0) is 54.1 Å². The second-order valence-electron chi connectivity index (χ2n) is 12.6. The molecule has 21 heteroatoms. The van der Waals surface area contributed by atoms with E-state index in [4.69, 9.17) is 33.2 Å². The Balaban J connectivity index is 1.44. The number of ether oxygens (including phenoxy) is 7. The summed E-state index contributed by atoms with van der Waals surface area (Å²) in [6.07, 6.45) is -21.1. The van der Waals surface area contributed by atoms with Crippen molar-refractivity contribution < 1.29 is 88.1 Å². The minimum atomic E-state index is -2.06. The normalized spacial score (nSPS) is 35.8. The van der Waals surface area contributed by atoms with Gasteiger partial charge in [-0.25, -0.2) is 9.59 Å². The van der Waals surface area contributed by atoms with E-state index in [1.165, 1.54) is 6.92 Å². The largest absolute Gasteiger partial charge is 0.479 e. The zero-order chi connectivity index (χ0) is 38.8. The van der Waals surface area contributed by atoms with Gasteiger partial charge in [-0.3, -0.25) is 9.59 Å². The first-order valence-corrected chi connectivity index (χ1v) is 16.8. The average molecular weight is 762 g/mol. The fourth-order valence-corrected chi connectivity index (χ4v) is 6.09. The molecule has 0 aromatic heterocycles. The van der Waals surface area contributed by atoms with Gasteiger partial charge in [0.15, 0.2) is 25.0 Å². The number of hydrogen-bond acceptors (Lipinski definition) is 17. The smallest absolute Gasteiger partial charge is 0.407 e. The summed E-state index contributed by atoms with van der Waals surface area (Å²) < 4.78 is 39.0. The first-order chi connectivity index (χ1) is 25.2. The number of carboxylic acid groups (broad SMARTS) is 1. The van der Waals surface area contributed by atoms with Gasteiger partial charge < -0.3 is 84.9 Å². The molecule has 3 aliphatic rings. The highest BCUT2D eigenvalue weighted by molar-refractivity contribution is 5.74. The molecule has 3 amide bonds. The first kappa shape index (κ1) is 42.2. The maximum absolute atomic E-state index is 12.4. The number of aliphatic carboxylic acids is 1. The summed E-state index contributed by atoms with van der Waals surface area (Å²) in [5.74, 6) is -2.87. The minimum absolute atomic E-state index is 0.0136. The van der Waals surface area contributed by atoms with Gasteiger partial charge in [0.2, 0.25) is 11.8 Å². The molecule has 21 nitrogen and oxygen atoms in total. The zero-order valence-corrected chi connectivity index (χ0v) is 28.8. The van der Waals surface area contributed by atoms with Crippen LogP contribution in [0.5, 0.6) is 0 Å². The highest BCUT2D eigenvalue weighted by Crippen LogP contribution is 2.33. The third-order valence-electron chi connectivity index (χ3n) is 8.63. The molecular weight excluding hydrogens is 714 g/mol. The summed E-state index contributed by atoms with van der Waals surface area (Å²) in [5.41, 5.74) is 0.761. The summed E-state index contributed by atoms with van der Waals surface area (Å²) in [6, 6.07) is 6.50. The maximum atomic E-state index is 12.4. The second-order valence-corrected chi connectivity index (χ2v) is 12.6. The highest BCUT2D eigenvalue weighted by Gasteiger charge is 2.55. The molecule has 0 aliphatic carbocycles. The average Bonchev–Trinajstić information content (AvgIpc) is 3.11. The Labute approximate surface area is 303 Å². The van der Waals surface area contributed by atoms with Crippen LogP contribution in [0.1, 0.15) is 25.8 Å². The summed E-state index contributed by atoms with van der Waals surface area (Å²) >= 11 is 0. The molecule has 53 heavy (non-hydrogen) atoms. The van der Waals surface area contributed by atoms with Gasteiger partial charge in [0.1, 0.15) is 55.4 Å². The van der Waals surface area contributed by atoms with Crippen LogP contribution in [0.25, 0.3) is 0 Å². The van der Waals surface area contributed by atoms with Crippen LogP contribution in [0.4, 0.5) is 4.79 Å². The topological polar surface area (TPSA) is 311 Å². The molecule has 0 bridgehead atoms. The number of aliphatic hydroxyl groups is 6. The summed E-state index contributed by atoms with van der Waals surface area (Å²) in [4.78, 5) is 48.4. The summed E-state index contributed by atoms with van der Waals surface area (Å²) in [7, 11) is 0. The van der Waals surface area contributed by atoms with Gasteiger partial charge in [-0.15, -0.1) is 0 Å². The molecule has 298 valence electrons. The van der Waals surface area contributed by atoms with Crippen LogP contribution < -0.4 is 16.0 Å². The Morgan fingerprint density at radius 2 is 1.49 bits per heavy atom. The SMILES string of the molecule is CC(=O)N[C@H]1[C@H](OCCNC(=O)OCc2ccccc2)O[C@H](CO)[C@@H](O)[C@@H]1O[C@@H]1O[C@H](C(=O)O)[C@@H](O[C@H]2C[C@@H](NC(C)=O)[C@H](O)O[C@@H]2CO)[C@H](O)[C@H]1O. The molecule has 0 unspecified atom stereocenters. The van der Waals surface area contributed by atoms with Gasteiger partial charge in [-0.1, -0.05) is 30.3 Å². The van der Waals surface area contributed by atoms with E-state index in [0.717, 1.165) is 12.5 Å². The molecule has 1 aromatic carbocycles. The van der Waals surface area contributed by atoms with Crippen molar-refractivity contribution in [1.82, 2.24) is 16.0 Å². The third-order valence-corrected chi connectivity index (χ3v) is 8.63. The fourth-order valence-electron chi connectivity index (χ4n) is 6.09. The van der Waals surface area contributed by atoms with Crippen molar-refractivity contribution in [3.8, 4) is 0 Å². The van der Waals surface area contributed by atoms with E-state index in [1.807, 2.05) is 6.07 Å². The van der Waals surface area contributed by atoms with Crippen LogP contribution >= 0.6 is 0 Å². The molecule has 4 rings (SSSR count). The van der Waals surface area contributed by atoms with Crippen LogP contribution in [0.15, 0.2) is 30.3 Å². The Morgan fingerprint density at radius 3 is 2.11 bits per heavy atom. The van der Waals surface area contributed by atoms with E-state index < -0.39 is 123 Å². The molecule has 1 aromatic rings. The van der Waals surface area contributed by atoms with Gasteiger partial charge >= 0.3 is 12.1 Å². The van der Waals surface area contributed by atoms with Crippen molar-refractivity contribution in [2.24, 2.45) is 0 Å². The lowest BCUT2D eigenvalue weighted by atomic mass is 9.94. The number of amides is 3. The monoisotopic (exact) mass is 761 g/mol. The quantitative estimate of drug-likeness (QED) is 0.0758. The van der Waals surface area contributed by atoms with E-state index in [-0.39, 0.29) is 26.2 Å². The summed E-state index contributed by atoms with van der Waals surface area (Å²) in [5, 5.41) is 80.8. The minimum Gasteiger partial charge on any atom is -0.479 e. The van der Waals surface area contributed by atoms with Crippen molar-refractivity contribution in [3.05, 3.63) is 35.9 Å². The lowest BCUT2D eigenvalue weighted by Crippen LogP contribution is -2.69. The predicted octanol–water partition coefficient (Wildman–Crippen LogP) is -4.21. The van der Waals surface area contributed by atoms with Gasteiger partial charge in [0, 0.05) is 26.8 Å². The Bertz CT molecular complexity index is 1360. The molecule has 0 spiro atoms. The van der Waals surface area contributed by atoms with Gasteiger partial charge in [0.25, 0.3) is 0 Å². The van der Waals surface area contributed by atoms with Crippen molar-refractivity contribution in [2.45, 2.75) is 113 Å². The van der Waals surface area contributed by atoms with E-state index in [9.17, 15) is 54.9 Å². The number of alkyl carbamates (subject to hydrolysis) is 1. The number of carbonyl (C=O) groups is 4. The van der Waals surface area contributed by atoms with Crippen LogP contribution in [0.3, 0.4) is 0 Å². The number of hydrogen-bond donors (Lipinski definition) is 10. The third kappa shape index (κ3) is 11.2. The zero-order valence-electron chi connectivity index (χ0n) is 28.8. The number of carboxylic acids is 1. The molecule has 3 heterocycles. The summed E-state index contributed by atoms with van der Waals surface area (Å²) in [6.45, 7) is 0.493. The van der Waals surface area contributed by atoms with E-state index in [2.05, 4.69) is 16.0 Å². The Morgan fingerprint density at radius 1 is 0.811 bits per heavy atom. The lowest BCUT2D eigenvalue weighted by molar-refractivity contribution is -0.349. The second kappa shape index (κ2) is 19.7. The van der Waals surface area contributed by atoms with E-state index in [1.54, 1.807) is 24.3 Å². The maximum Gasteiger partial charge on any atom is 0.407 e. The number of aliphatic hydroxyl groups excluding tert-OH is 6. The van der Waals surface area contributed by atoms with Crippen LogP contribution in [-0.4, -0.2) is 172 Å². The molecular formula is C32H47N3O18. The van der Waals surface area contributed by atoms with Gasteiger partial charge in [0.05, 0.1) is 32.0 Å². The predicted molar refractivity (Wildman–Crippen MR) is 172 cm³/mol. The molecule has 10 N–H and O–H groups in total. The van der Waals surface area contributed by atoms with Crippen molar-refractivity contribution in [2.75, 3.05) is 26.4 Å². The van der Waals surface area contributed by atoms with E-state index >= 15 is 0 Å². The molecule has 3 saturated heterocycles. The Kier molecular flexibility index (Phi) is 15.6. The van der Waals surface area contributed by atoms with Crippen molar-refractivity contribution >= 4 is 23.9 Å². The number of nitrogens with one attached hydrogen (secondary N) is 3. The van der Waals surface area contributed by atoms with Gasteiger partial charge in [-0.05, 0) is 5.56 Å². The van der Waals surface area contributed by atoms with Crippen molar-refractivity contribution in [3.63, 3.8) is 0 Å². The number of rotatable bonds is 15. The van der Waals surface area contributed by atoms with E-state index in [0.29, 0.717) is 0 Å². The molecule has 0 radical (unpaired) electrons. The first-order valence-electron chi connectivity index (χ1n) is 16.8. The molecule has 3 aliphatic heterocycles. The van der Waals surface area contributed by atoms with Crippen molar-refractivity contribution in [1.29, 1.82) is 0 Å². The fraction of sp³-hybridized carbons (Fsp3) is 0.688.